The van der Waals surface area contributed by atoms with Gasteiger partial charge in [0.25, 0.3) is 6.43 Å². The Morgan fingerprint density at radius 1 is 0.897 bits per heavy atom. The summed E-state index contributed by atoms with van der Waals surface area (Å²) in [6.45, 7) is 5.27. The van der Waals surface area contributed by atoms with Crippen molar-refractivity contribution >= 4 is 22.8 Å². The molecule has 2 aliphatic heterocycles. The average Bonchev–Trinajstić information content (AvgIpc) is 3.37. The number of hydrogen-bond acceptors (Lipinski definition) is 7. The summed E-state index contributed by atoms with van der Waals surface area (Å²) in [5, 5.41) is 3.42. The van der Waals surface area contributed by atoms with Crippen molar-refractivity contribution in [1.82, 2.24) is 24.4 Å². The Hall–Kier alpha value is -2.92. The van der Waals surface area contributed by atoms with Crippen LogP contribution in [0.5, 0.6) is 0 Å². The molecule has 3 aromatic rings. The van der Waals surface area contributed by atoms with Crippen molar-refractivity contribution in [3.8, 4) is 5.82 Å². The molecule has 2 aromatic heterocycles. The monoisotopic (exact) mass is 543 g/mol. The minimum absolute atomic E-state index is 0.331. The van der Waals surface area contributed by atoms with Gasteiger partial charge in [0.2, 0.25) is 5.95 Å². The maximum Gasteiger partial charge on any atom is 0.296 e. The molecule has 11 heteroatoms. The van der Waals surface area contributed by atoms with Gasteiger partial charge in [0.05, 0.1) is 24.2 Å². The third-order valence-electron chi connectivity index (χ3n) is 8.39. The van der Waals surface area contributed by atoms with Crippen molar-refractivity contribution in [2.75, 3.05) is 56.2 Å². The number of rotatable bonds is 7. The van der Waals surface area contributed by atoms with E-state index in [2.05, 4.69) is 20.1 Å². The van der Waals surface area contributed by atoms with Gasteiger partial charge >= 0.3 is 0 Å². The Balaban J connectivity index is 1.21. The largest absolute Gasteiger partial charge is 0.378 e. The van der Waals surface area contributed by atoms with Crippen molar-refractivity contribution in [1.29, 1.82) is 0 Å². The number of benzene rings is 1. The molecule has 0 atom stereocenters. The summed E-state index contributed by atoms with van der Waals surface area (Å²) < 4.78 is 48.7. The van der Waals surface area contributed by atoms with Crippen LogP contribution >= 0.6 is 0 Å². The van der Waals surface area contributed by atoms with E-state index in [0.29, 0.717) is 86.3 Å². The van der Waals surface area contributed by atoms with E-state index in [1.807, 2.05) is 6.07 Å². The Morgan fingerprint density at radius 3 is 2.36 bits per heavy atom. The van der Waals surface area contributed by atoms with Crippen molar-refractivity contribution in [3.05, 3.63) is 36.2 Å². The van der Waals surface area contributed by atoms with E-state index in [0.717, 1.165) is 38.8 Å². The Morgan fingerprint density at radius 2 is 1.62 bits per heavy atom. The molecular weight excluding hydrogens is 507 g/mol. The van der Waals surface area contributed by atoms with Crippen molar-refractivity contribution in [2.45, 2.75) is 57.2 Å². The highest BCUT2D eigenvalue weighted by Gasteiger charge is 2.29. The maximum absolute atomic E-state index is 14.1. The smallest absolute Gasteiger partial charge is 0.296 e. The summed E-state index contributed by atoms with van der Waals surface area (Å²) in [5.74, 6) is 1.61. The van der Waals surface area contributed by atoms with Crippen molar-refractivity contribution in [2.24, 2.45) is 5.92 Å². The Bertz CT molecular complexity index is 1250. The molecule has 3 aliphatic rings. The lowest BCUT2D eigenvalue weighted by Gasteiger charge is -2.39. The van der Waals surface area contributed by atoms with Crippen LogP contribution < -0.4 is 10.2 Å². The van der Waals surface area contributed by atoms with Crippen LogP contribution in [-0.2, 0) is 4.74 Å². The van der Waals surface area contributed by atoms with Gasteiger partial charge in [0.15, 0.2) is 5.82 Å². The molecular formula is C28H36F3N7O. The fourth-order valence-corrected chi connectivity index (χ4v) is 6.16. The van der Waals surface area contributed by atoms with Gasteiger partial charge in [-0.1, -0.05) is 12.1 Å². The minimum Gasteiger partial charge on any atom is -0.378 e. The van der Waals surface area contributed by atoms with Gasteiger partial charge in [0.1, 0.15) is 17.8 Å². The highest BCUT2D eigenvalue weighted by atomic mass is 19.3. The summed E-state index contributed by atoms with van der Waals surface area (Å²) in [4.78, 5) is 18.3. The lowest BCUT2D eigenvalue weighted by atomic mass is 9.89. The first-order chi connectivity index (χ1) is 19.0. The molecule has 210 valence electrons. The average molecular weight is 544 g/mol. The highest BCUT2D eigenvalue weighted by molar-refractivity contribution is 5.78. The molecule has 0 unspecified atom stereocenters. The van der Waals surface area contributed by atoms with E-state index in [4.69, 9.17) is 14.7 Å². The number of para-hydroxylation sites is 2. The summed E-state index contributed by atoms with van der Waals surface area (Å²) in [6, 6.07) is 9.40. The number of ether oxygens (including phenoxy) is 1. The number of nitrogens with one attached hydrogen (secondary N) is 1. The van der Waals surface area contributed by atoms with Crippen LogP contribution in [0.3, 0.4) is 0 Å². The number of aromatic nitrogens is 4. The molecule has 1 aromatic carbocycles. The third kappa shape index (κ3) is 5.84. The standard InChI is InChI=1S/C28H36F3N7O/c29-20-5-7-21(8-6-20)36-11-9-19(10-12-36)18-32-28-34-24(37-13-15-39-16-14-37)17-25(35-28)38-23-4-2-1-3-22(23)33-27(38)26(30)31/h1-4,17,19-21,26H,5-16,18H2,(H,32,34,35)/t20-,21+. The summed E-state index contributed by atoms with van der Waals surface area (Å²) in [5.41, 5.74) is 1.08. The summed E-state index contributed by atoms with van der Waals surface area (Å²) in [6.07, 6.45) is 2.02. The van der Waals surface area contributed by atoms with Crippen LogP contribution in [0.15, 0.2) is 30.3 Å². The Kier molecular flexibility index (Phi) is 7.87. The number of nitrogens with zero attached hydrogens (tertiary/aromatic N) is 6. The van der Waals surface area contributed by atoms with Gasteiger partial charge in [-0.25, -0.2) is 18.2 Å². The van der Waals surface area contributed by atoms with Gasteiger partial charge in [0, 0.05) is 31.7 Å². The molecule has 6 rings (SSSR count). The van der Waals surface area contributed by atoms with Gasteiger partial charge in [-0.2, -0.15) is 9.97 Å². The molecule has 1 aliphatic carbocycles. The van der Waals surface area contributed by atoms with Crippen LogP contribution in [0.1, 0.15) is 50.8 Å². The number of likely N-dealkylation sites (tertiary alicyclic amines) is 1. The van der Waals surface area contributed by atoms with Crippen molar-refractivity contribution in [3.63, 3.8) is 0 Å². The number of hydrogen-bond donors (Lipinski definition) is 1. The summed E-state index contributed by atoms with van der Waals surface area (Å²) >= 11 is 0. The first-order valence-electron chi connectivity index (χ1n) is 14.1. The number of alkyl halides is 3. The number of imidazole rings is 1. The predicted octanol–water partition coefficient (Wildman–Crippen LogP) is 4.99. The van der Waals surface area contributed by atoms with Gasteiger partial charge in [-0.3, -0.25) is 4.57 Å². The molecule has 39 heavy (non-hydrogen) atoms. The third-order valence-corrected chi connectivity index (χ3v) is 8.39. The number of fused-ring (bicyclic) bond motifs is 1. The number of morpholine rings is 1. The topological polar surface area (TPSA) is 71.3 Å². The van der Waals surface area contributed by atoms with E-state index in [1.165, 1.54) is 4.57 Å². The molecule has 0 bridgehead atoms. The van der Waals surface area contributed by atoms with Crippen LogP contribution in [0.25, 0.3) is 16.9 Å². The number of anilines is 2. The lowest BCUT2D eigenvalue weighted by Crippen LogP contribution is -2.44. The zero-order valence-electron chi connectivity index (χ0n) is 22.1. The molecule has 4 heterocycles. The molecule has 0 spiro atoms. The van der Waals surface area contributed by atoms with E-state index >= 15 is 0 Å². The van der Waals surface area contributed by atoms with Crippen LogP contribution in [0.4, 0.5) is 24.9 Å². The maximum atomic E-state index is 14.1. The predicted molar refractivity (Wildman–Crippen MR) is 145 cm³/mol. The normalized spacial score (nSPS) is 23.5. The summed E-state index contributed by atoms with van der Waals surface area (Å²) in [7, 11) is 0. The van der Waals surface area contributed by atoms with Gasteiger partial charge in [-0.15, -0.1) is 0 Å². The molecule has 1 N–H and O–H groups in total. The molecule has 8 nitrogen and oxygen atoms in total. The van der Waals surface area contributed by atoms with E-state index in [-0.39, 0.29) is 5.82 Å². The second-order valence-electron chi connectivity index (χ2n) is 10.9. The molecule has 0 radical (unpaired) electrons. The van der Waals surface area contributed by atoms with E-state index in [9.17, 15) is 13.2 Å². The van der Waals surface area contributed by atoms with Gasteiger partial charge < -0.3 is 19.9 Å². The number of halogens is 3. The highest BCUT2D eigenvalue weighted by Crippen LogP contribution is 2.31. The zero-order valence-corrected chi connectivity index (χ0v) is 22.1. The van der Waals surface area contributed by atoms with Gasteiger partial charge in [-0.05, 0) is 69.7 Å². The van der Waals surface area contributed by atoms with Crippen LogP contribution in [0.2, 0.25) is 0 Å². The second-order valence-corrected chi connectivity index (χ2v) is 10.9. The second kappa shape index (κ2) is 11.7. The zero-order chi connectivity index (χ0) is 26.8. The SMILES string of the molecule is FC(F)c1nc2ccccc2n1-c1cc(N2CCOCC2)nc(NCC2CCN([C@H]3CC[C@@H](F)CC3)CC2)n1. The minimum atomic E-state index is -2.75. The quantitative estimate of drug-likeness (QED) is 0.450. The molecule has 0 amide bonds. The fraction of sp³-hybridized carbons (Fsp3) is 0.607. The van der Waals surface area contributed by atoms with E-state index in [1.54, 1.807) is 24.3 Å². The van der Waals surface area contributed by atoms with Crippen LogP contribution in [0, 0.1) is 5.92 Å². The molecule has 2 saturated heterocycles. The first kappa shape index (κ1) is 26.3. The lowest BCUT2D eigenvalue weighted by molar-refractivity contribution is 0.0877. The Labute approximate surface area is 226 Å². The van der Waals surface area contributed by atoms with Crippen LogP contribution in [-0.4, -0.2) is 82.6 Å². The molecule has 3 fully saturated rings. The fourth-order valence-electron chi connectivity index (χ4n) is 6.16. The van der Waals surface area contributed by atoms with Crippen molar-refractivity contribution < 1.29 is 17.9 Å². The molecule has 1 saturated carbocycles. The first-order valence-corrected chi connectivity index (χ1v) is 14.1. The van der Waals surface area contributed by atoms with E-state index < -0.39 is 12.6 Å². The number of piperidine rings is 1.